The molecule has 5 heteroatoms. The Morgan fingerprint density at radius 1 is 1.15 bits per heavy atom. The van der Waals surface area contributed by atoms with Crippen LogP contribution < -0.4 is 4.72 Å². The Morgan fingerprint density at radius 3 is 2.30 bits per heavy atom. The van der Waals surface area contributed by atoms with Gasteiger partial charge < -0.3 is 0 Å². The van der Waals surface area contributed by atoms with Gasteiger partial charge in [0.25, 0.3) is 0 Å². The Balaban J connectivity index is 2.02. The third-order valence-electron chi connectivity index (χ3n) is 4.14. The highest BCUT2D eigenvalue weighted by molar-refractivity contribution is 9.08. The van der Waals surface area contributed by atoms with Gasteiger partial charge in [-0.3, -0.25) is 0 Å². The standard InChI is InChI=1S/C15H22BrNO2S/c1-15(9-3-2-4-10-15)12-17-20(18,19)14-7-5-13(11-16)6-8-14/h5-8,17H,2-4,9-12H2,1H3. The van der Waals surface area contributed by atoms with Gasteiger partial charge in [-0.2, -0.15) is 0 Å². The highest BCUT2D eigenvalue weighted by Crippen LogP contribution is 2.35. The minimum atomic E-state index is -3.39. The third-order valence-corrected chi connectivity index (χ3v) is 6.20. The fraction of sp³-hybridized carbons (Fsp3) is 0.600. The average molecular weight is 360 g/mol. The van der Waals surface area contributed by atoms with E-state index < -0.39 is 10.0 Å². The molecule has 112 valence electrons. The summed E-state index contributed by atoms with van der Waals surface area (Å²) < 4.78 is 27.4. The van der Waals surface area contributed by atoms with E-state index in [2.05, 4.69) is 27.6 Å². The summed E-state index contributed by atoms with van der Waals surface area (Å²) in [5, 5.41) is 0.735. The second-order valence-corrected chi connectivity index (χ2v) is 8.30. The summed E-state index contributed by atoms with van der Waals surface area (Å²) in [4.78, 5) is 0.349. The summed E-state index contributed by atoms with van der Waals surface area (Å²) in [5.74, 6) is 0. The van der Waals surface area contributed by atoms with E-state index in [-0.39, 0.29) is 5.41 Å². The lowest BCUT2D eigenvalue weighted by molar-refractivity contribution is 0.219. The van der Waals surface area contributed by atoms with Crippen molar-refractivity contribution in [2.45, 2.75) is 49.3 Å². The van der Waals surface area contributed by atoms with Crippen LogP contribution in [-0.4, -0.2) is 15.0 Å². The lowest BCUT2D eigenvalue weighted by Crippen LogP contribution is -2.37. The molecule has 0 aliphatic heterocycles. The van der Waals surface area contributed by atoms with E-state index >= 15 is 0 Å². The Bertz CT molecular complexity index is 533. The maximum atomic E-state index is 12.3. The van der Waals surface area contributed by atoms with Gasteiger partial charge in [-0.05, 0) is 36.0 Å². The SMILES string of the molecule is CC1(CNS(=O)(=O)c2ccc(CBr)cc2)CCCCC1. The number of halogens is 1. The molecule has 0 spiro atoms. The number of hydrogen-bond acceptors (Lipinski definition) is 2. The minimum Gasteiger partial charge on any atom is -0.211 e. The molecule has 0 saturated heterocycles. The number of rotatable bonds is 5. The molecule has 1 aromatic carbocycles. The first-order valence-electron chi connectivity index (χ1n) is 7.10. The van der Waals surface area contributed by atoms with Gasteiger partial charge in [0, 0.05) is 11.9 Å². The molecule has 1 saturated carbocycles. The molecule has 1 fully saturated rings. The van der Waals surface area contributed by atoms with Gasteiger partial charge in [-0.1, -0.05) is 54.2 Å². The molecular weight excluding hydrogens is 338 g/mol. The molecule has 0 heterocycles. The zero-order chi connectivity index (χ0) is 14.6. The smallest absolute Gasteiger partial charge is 0.211 e. The molecule has 0 radical (unpaired) electrons. The lowest BCUT2D eigenvalue weighted by Gasteiger charge is -2.33. The first-order valence-corrected chi connectivity index (χ1v) is 9.70. The second-order valence-electron chi connectivity index (χ2n) is 5.97. The lowest BCUT2D eigenvalue weighted by atomic mass is 9.76. The van der Waals surface area contributed by atoms with E-state index in [1.165, 1.54) is 19.3 Å². The summed E-state index contributed by atoms with van der Waals surface area (Å²) in [5.41, 5.74) is 1.18. The highest BCUT2D eigenvalue weighted by atomic mass is 79.9. The fourth-order valence-electron chi connectivity index (χ4n) is 2.69. The first-order chi connectivity index (χ1) is 9.45. The van der Waals surface area contributed by atoms with Crippen LogP contribution in [0.25, 0.3) is 0 Å². The van der Waals surface area contributed by atoms with Crippen LogP contribution in [0.5, 0.6) is 0 Å². The highest BCUT2D eigenvalue weighted by Gasteiger charge is 2.28. The Kier molecular flexibility index (Phi) is 5.26. The quantitative estimate of drug-likeness (QED) is 0.812. The molecule has 1 aliphatic carbocycles. The number of alkyl halides is 1. The van der Waals surface area contributed by atoms with Crippen LogP contribution in [0, 0.1) is 5.41 Å². The van der Waals surface area contributed by atoms with E-state index in [9.17, 15) is 8.42 Å². The number of hydrogen-bond donors (Lipinski definition) is 1. The zero-order valence-corrected chi connectivity index (χ0v) is 14.3. The molecule has 0 atom stereocenters. The molecule has 20 heavy (non-hydrogen) atoms. The van der Waals surface area contributed by atoms with Gasteiger partial charge >= 0.3 is 0 Å². The summed E-state index contributed by atoms with van der Waals surface area (Å²) in [6, 6.07) is 7.02. The van der Waals surface area contributed by atoms with Crippen molar-refractivity contribution in [2.24, 2.45) is 5.41 Å². The zero-order valence-electron chi connectivity index (χ0n) is 11.9. The van der Waals surface area contributed by atoms with Crippen molar-refractivity contribution in [3.63, 3.8) is 0 Å². The molecular formula is C15H22BrNO2S. The van der Waals surface area contributed by atoms with Crippen LogP contribution >= 0.6 is 15.9 Å². The molecule has 1 N–H and O–H groups in total. The average Bonchev–Trinajstić information content (AvgIpc) is 2.46. The van der Waals surface area contributed by atoms with E-state index in [0.29, 0.717) is 11.4 Å². The molecule has 0 bridgehead atoms. The molecule has 1 aromatic rings. The van der Waals surface area contributed by atoms with Crippen LogP contribution in [0.1, 0.15) is 44.6 Å². The van der Waals surface area contributed by atoms with E-state index in [0.717, 1.165) is 23.7 Å². The summed E-state index contributed by atoms with van der Waals surface area (Å²) >= 11 is 3.36. The first kappa shape index (κ1) is 16.0. The van der Waals surface area contributed by atoms with Crippen molar-refractivity contribution in [1.82, 2.24) is 4.72 Å². The Hall–Kier alpha value is -0.390. The number of nitrogens with one attached hydrogen (secondary N) is 1. The molecule has 0 aromatic heterocycles. The fourth-order valence-corrected chi connectivity index (χ4v) is 4.27. The van der Waals surface area contributed by atoms with Gasteiger partial charge in [0.15, 0.2) is 0 Å². The van der Waals surface area contributed by atoms with Crippen molar-refractivity contribution in [3.05, 3.63) is 29.8 Å². The van der Waals surface area contributed by atoms with Crippen LogP contribution in [0.2, 0.25) is 0 Å². The summed E-state index contributed by atoms with van der Waals surface area (Å²) in [6.45, 7) is 2.72. The predicted molar refractivity (Wildman–Crippen MR) is 85.5 cm³/mol. The van der Waals surface area contributed by atoms with Gasteiger partial charge in [-0.25, -0.2) is 13.1 Å². The van der Waals surface area contributed by atoms with Gasteiger partial charge in [0.1, 0.15) is 0 Å². The van der Waals surface area contributed by atoms with Gasteiger partial charge in [-0.15, -0.1) is 0 Å². The van der Waals surface area contributed by atoms with Crippen molar-refractivity contribution in [2.75, 3.05) is 6.54 Å². The van der Waals surface area contributed by atoms with Crippen LogP contribution in [0.3, 0.4) is 0 Å². The largest absolute Gasteiger partial charge is 0.240 e. The van der Waals surface area contributed by atoms with Crippen LogP contribution in [0.15, 0.2) is 29.2 Å². The monoisotopic (exact) mass is 359 g/mol. The van der Waals surface area contributed by atoms with E-state index in [1.807, 2.05) is 12.1 Å². The van der Waals surface area contributed by atoms with Crippen molar-refractivity contribution < 1.29 is 8.42 Å². The minimum absolute atomic E-state index is 0.112. The number of benzene rings is 1. The van der Waals surface area contributed by atoms with E-state index in [4.69, 9.17) is 0 Å². The maximum absolute atomic E-state index is 12.3. The predicted octanol–water partition coefficient (Wildman–Crippen LogP) is 3.83. The maximum Gasteiger partial charge on any atom is 0.240 e. The second kappa shape index (κ2) is 6.58. The summed E-state index contributed by atoms with van der Waals surface area (Å²) in [6.07, 6.45) is 5.91. The van der Waals surface area contributed by atoms with Crippen LogP contribution in [-0.2, 0) is 15.4 Å². The third kappa shape index (κ3) is 4.06. The molecule has 3 nitrogen and oxygen atoms in total. The van der Waals surface area contributed by atoms with Crippen molar-refractivity contribution in [3.8, 4) is 0 Å². The van der Waals surface area contributed by atoms with Gasteiger partial charge in [0.2, 0.25) is 10.0 Å². The summed E-state index contributed by atoms with van der Waals surface area (Å²) in [7, 11) is -3.39. The van der Waals surface area contributed by atoms with Crippen LogP contribution in [0.4, 0.5) is 0 Å². The molecule has 0 amide bonds. The van der Waals surface area contributed by atoms with Crippen molar-refractivity contribution in [1.29, 1.82) is 0 Å². The normalized spacial score (nSPS) is 18.9. The molecule has 1 aliphatic rings. The van der Waals surface area contributed by atoms with Gasteiger partial charge in [0.05, 0.1) is 4.90 Å². The number of sulfonamides is 1. The Morgan fingerprint density at radius 2 is 1.75 bits per heavy atom. The van der Waals surface area contributed by atoms with E-state index in [1.54, 1.807) is 12.1 Å². The molecule has 0 unspecified atom stereocenters. The topological polar surface area (TPSA) is 46.2 Å². The van der Waals surface area contributed by atoms with Crippen molar-refractivity contribution >= 4 is 26.0 Å². The molecule has 2 rings (SSSR count). The Labute approximate surface area is 130 Å².